The van der Waals surface area contributed by atoms with Gasteiger partial charge in [-0.05, 0) is 38.6 Å². The van der Waals surface area contributed by atoms with Crippen LogP contribution in [-0.2, 0) is 19.2 Å². The van der Waals surface area contributed by atoms with E-state index in [-0.39, 0.29) is 12.3 Å². The maximum absolute atomic E-state index is 12.5. The Labute approximate surface area is 182 Å². The number of nitrogens with two attached hydrogens (primary N) is 2. The number of aliphatic hydroxyl groups excluding tert-OH is 2. The number of aliphatic carboxylic acids is 1. The van der Waals surface area contributed by atoms with E-state index in [1.165, 1.54) is 6.92 Å². The fraction of sp³-hybridized carbons (Fsp3) is 0.789. The second-order valence-electron chi connectivity index (χ2n) is 7.89. The quantitative estimate of drug-likeness (QED) is 0.123. The fourth-order valence-corrected chi connectivity index (χ4v) is 2.73. The van der Waals surface area contributed by atoms with E-state index in [1.807, 2.05) is 0 Å². The van der Waals surface area contributed by atoms with Gasteiger partial charge in [0.15, 0.2) is 0 Å². The van der Waals surface area contributed by atoms with Crippen LogP contribution in [-0.4, -0.2) is 82.4 Å². The summed E-state index contributed by atoms with van der Waals surface area (Å²) in [6.07, 6.45) is 0.426. The highest BCUT2D eigenvalue weighted by atomic mass is 16.4. The highest BCUT2D eigenvalue weighted by Crippen LogP contribution is 2.06. The summed E-state index contributed by atoms with van der Waals surface area (Å²) in [4.78, 5) is 48.4. The van der Waals surface area contributed by atoms with Gasteiger partial charge in [-0.3, -0.25) is 14.4 Å². The molecule has 0 bridgehead atoms. The molecule has 0 aromatic heterocycles. The van der Waals surface area contributed by atoms with Gasteiger partial charge >= 0.3 is 5.97 Å². The Morgan fingerprint density at radius 1 is 0.903 bits per heavy atom. The molecule has 3 amide bonds. The summed E-state index contributed by atoms with van der Waals surface area (Å²) in [5.41, 5.74) is 11.1. The van der Waals surface area contributed by atoms with Gasteiger partial charge in [-0.15, -0.1) is 0 Å². The lowest BCUT2D eigenvalue weighted by molar-refractivity contribution is -0.143. The van der Waals surface area contributed by atoms with Crippen molar-refractivity contribution in [1.82, 2.24) is 16.0 Å². The number of carboxylic acid groups (broad SMARTS) is 1. The lowest BCUT2D eigenvalue weighted by Gasteiger charge is -2.26. The number of unbranched alkanes of at least 4 members (excludes halogenated alkanes) is 1. The van der Waals surface area contributed by atoms with Crippen molar-refractivity contribution in [3.05, 3.63) is 0 Å². The molecular formula is C19H37N5O7. The summed E-state index contributed by atoms with van der Waals surface area (Å²) < 4.78 is 0. The van der Waals surface area contributed by atoms with Crippen molar-refractivity contribution >= 4 is 23.7 Å². The van der Waals surface area contributed by atoms with Crippen LogP contribution in [0.5, 0.6) is 0 Å². The summed E-state index contributed by atoms with van der Waals surface area (Å²) in [5, 5.41) is 35.5. The Kier molecular flexibility index (Phi) is 13.6. The van der Waals surface area contributed by atoms with Gasteiger partial charge in [0.25, 0.3) is 0 Å². The normalized spacial score (nSPS) is 16.0. The molecule has 0 spiro atoms. The van der Waals surface area contributed by atoms with E-state index >= 15 is 0 Å². The number of amides is 3. The molecule has 0 aromatic carbocycles. The molecule has 12 heteroatoms. The molecule has 0 saturated heterocycles. The number of aliphatic hydroxyl groups is 2. The SMILES string of the molecule is CC(C)CC(NC(=O)C(NC(=O)C(CO)NC(=O)C(N)CCCCN)C(C)O)C(=O)O. The average Bonchev–Trinajstić information content (AvgIpc) is 2.68. The van der Waals surface area contributed by atoms with Crippen LogP contribution in [0.1, 0.15) is 46.5 Å². The van der Waals surface area contributed by atoms with Gasteiger partial charge in [-0.25, -0.2) is 4.79 Å². The Morgan fingerprint density at radius 2 is 1.48 bits per heavy atom. The van der Waals surface area contributed by atoms with E-state index in [9.17, 15) is 34.5 Å². The Hall–Kier alpha value is -2.28. The zero-order valence-electron chi connectivity index (χ0n) is 18.3. The van der Waals surface area contributed by atoms with Crippen molar-refractivity contribution in [1.29, 1.82) is 0 Å². The molecule has 31 heavy (non-hydrogen) atoms. The Morgan fingerprint density at radius 3 is 1.94 bits per heavy atom. The minimum atomic E-state index is -1.49. The molecule has 0 heterocycles. The van der Waals surface area contributed by atoms with Crippen LogP contribution in [0, 0.1) is 5.92 Å². The van der Waals surface area contributed by atoms with Crippen molar-refractivity contribution in [2.75, 3.05) is 13.2 Å². The first-order chi connectivity index (χ1) is 14.4. The molecule has 0 aromatic rings. The number of nitrogens with one attached hydrogen (secondary N) is 3. The van der Waals surface area contributed by atoms with Crippen molar-refractivity contribution in [2.24, 2.45) is 17.4 Å². The molecule has 10 N–H and O–H groups in total. The topological polar surface area (TPSA) is 217 Å². The zero-order valence-corrected chi connectivity index (χ0v) is 18.3. The van der Waals surface area contributed by atoms with Crippen LogP contribution in [0.15, 0.2) is 0 Å². The molecule has 0 aliphatic rings. The van der Waals surface area contributed by atoms with E-state index in [0.717, 1.165) is 0 Å². The molecule has 0 aliphatic heterocycles. The fourth-order valence-electron chi connectivity index (χ4n) is 2.73. The predicted octanol–water partition coefficient (Wildman–Crippen LogP) is -2.60. The zero-order chi connectivity index (χ0) is 24.1. The second kappa shape index (κ2) is 14.7. The van der Waals surface area contributed by atoms with Crippen LogP contribution in [0.4, 0.5) is 0 Å². The highest BCUT2D eigenvalue weighted by Gasteiger charge is 2.32. The number of hydrogen-bond donors (Lipinski definition) is 8. The third-order valence-corrected chi connectivity index (χ3v) is 4.51. The Balaban J connectivity index is 5.08. The molecular weight excluding hydrogens is 410 g/mol. The van der Waals surface area contributed by atoms with E-state index in [2.05, 4.69) is 16.0 Å². The van der Waals surface area contributed by atoms with Crippen LogP contribution in [0.3, 0.4) is 0 Å². The van der Waals surface area contributed by atoms with Gasteiger partial charge in [0.2, 0.25) is 17.7 Å². The van der Waals surface area contributed by atoms with Crippen molar-refractivity contribution in [3.8, 4) is 0 Å². The third-order valence-electron chi connectivity index (χ3n) is 4.51. The van der Waals surface area contributed by atoms with E-state index in [1.54, 1.807) is 13.8 Å². The summed E-state index contributed by atoms with van der Waals surface area (Å²) in [5.74, 6) is -3.77. The van der Waals surface area contributed by atoms with Gasteiger partial charge in [-0.1, -0.05) is 20.3 Å². The largest absolute Gasteiger partial charge is 0.480 e. The minimum Gasteiger partial charge on any atom is -0.480 e. The number of rotatable bonds is 15. The maximum atomic E-state index is 12.5. The first-order valence-corrected chi connectivity index (χ1v) is 10.3. The van der Waals surface area contributed by atoms with Crippen molar-refractivity contribution in [2.45, 2.75) is 76.7 Å². The second-order valence-corrected chi connectivity index (χ2v) is 7.89. The van der Waals surface area contributed by atoms with Gasteiger partial charge in [0.1, 0.15) is 18.1 Å². The lowest BCUT2D eigenvalue weighted by Crippen LogP contribution is -2.60. The molecule has 0 saturated carbocycles. The lowest BCUT2D eigenvalue weighted by atomic mass is 10.0. The molecule has 0 radical (unpaired) electrons. The predicted molar refractivity (Wildman–Crippen MR) is 113 cm³/mol. The van der Waals surface area contributed by atoms with Crippen molar-refractivity contribution in [3.63, 3.8) is 0 Å². The maximum Gasteiger partial charge on any atom is 0.326 e. The summed E-state index contributed by atoms with van der Waals surface area (Å²) in [7, 11) is 0. The average molecular weight is 448 g/mol. The summed E-state index contributed by atoms with van der Waals surface area (Å²) >= 11 is 0. The van der Waals surface area contributed by atoms with E-state index < -0.39 is 60.6 Å². The number of carbonyl (C=O) groups is 4. The monoisotopic (exact) mass is 447 g/mol. The molecule has 5 atom stereocenters. The van der Waals surface area contributed by atoms with Gasteiger partial charge in [0, 0.05) is 0 Å². The van der Waals surface area contributed by atoms with E-state index in [4.69, 9.17) is 11.5 Å². The van der Waals surface area contributed by atoms with Gasteiger partial charge in [0.05, 0.1) is 18.8 Å². The smallest absolute Gasteiger partial charge is 0.326 e. The number of hydrogen-bond acceptors (Lipinski definition) is 8. The molecule has 0 aliphatic carbocycles. The van der Waals surface area contributed by atoms with Gasteiger partial charge in [-0.2, -0.15) is 0 Å². The standard InChI is InChI=1S/C19H37N5O7/c1-10(2)8-13(19(30)31)22-18(29)15(11(3)26)24-17(28)14(9-25)23-16(27)12(21)6-4-5-7-20/h10-15,25-26H,4-9,20-21H2,1-3H3,(H,22,29)(H,23,27)(H,24,28)(H,30,31). The third kappa shape index (κ3) is 11.1. The number of carboxylic acids is 1. The Bertz CT molecular complexity index is 600. The molecule has 0 rings (SSSR count). The first-order valence-electron chi connectivity index (χ1n) is 10.3. The molecule has 180 valence electrons. The summed E-state index contributed by atoms with van der Waals surface area (Å²) in [6.45, 7) is 4.49. The van der Waals surface area contributed by atoms with Crippen LogP contribution in [0.25, 0.3) is 0 Å². The molecule has 5 unspecified atom stereocenters. The van der Waals surface area contributed by atoms with Crippen LogP contribution in [0.2, 0.25) is 0 Å². The van der Waals surface area contributed by atoms with Crippen LogP contribution >= 0.6 is 0 Å². The first kappa shape index (κ1) is 28.7. The molecule has 0 fully saturated rings. The summed E-state index contributed by atoms with van der Waals surface area (Å²) in [6, 6.07) is -5.01. The minimum absolute atomic E-state index is 0.0240. The highest BCUT2D eigenvalue weighted by molar-refractivity contribution is 5.94. The van der Waals surface area contributed by atoms with Crippen molar-refractivity contribution < 1.29 is 34.5 Å². The van der Waals surface area contributed by atoms with Gasteiger partial charge < -0.3 is 42.7 Å². The number of carbonyl (C=O) groups excluding carboxylic acids is 3. The molecule has 12 nitrogen and oxygen atoms in total. The van der Waals surface area contributed by atoms with E-state index in [0.29, 0.717) is 25.8 Å². The van der Waals surface area contributed by atoms with Crippen LogP contribution < -0.4 is 27.4 Å².